The van der Waals surface area contributed by atoms with Gasteiger partial charge in [-0.25, -0.2) is 15.0 Å². The van der Waals surface area contributed by atoms with Crippen LogP contribution in [0, 0.1) is 5.95 Å². The van der Waals surface area contributed by atoms with E-state index in [0.29, 0.717) is 60.1 Å². The number of methoxy groups -OCH3 is 1. The van der Waals surface area contributed by atoms with E-state index >= 15 is 4.39 Å². The first-order chi connectivity index (χ1) is 18.5. The van der Waals surface area contributed by atoms with Crippen LogP contribution in [0.15, 0.2) is 53.7 Å². The Labute approximate surface area is 217 Å². The van der Waals surface area contributed by atoms with Crippen molar-refractivity contribution in [3.05, 3.63) is 77.1 Å². The maximum absolute atomic E-state index is 15.4. The molecule has 3 N–H and O–H groups in total. The number of rotatable bonds is 4. The van der Waals surface area contributed by atoms with Crippen molar-refractivity contribution in [2.45, 2.75) is 18.4 Å². The fourth-order valence-electron chi connectivity index (χ4n) is 4.88. The number of hydrogen-bond acceptors (Lipinski definition) is 9. The van der Waals surface area contributed by atoms with Gasteiger partial charge < -0.3 is 30.0 Å². The van der Waals surface area contributed by atoms with E-state index in [0.717, 1.165) is 5.57 Å². The molecule has 6 rings (SSSR count). The number of benzene rings is 1. The third kappa shape index (κ3) is 4.10. The molecule has 3 aliphatic rings. The summed E-state index contributed by atoms with van der Waals surface area (Å²) in [5, 5.41) is 2.86. The Bertz CT molecular complexity index is 1490. The molecule has 0 saturated heterocycles. The minimum atomic E-state index is -1.11. The Morgan fingerprint density at radius 1 is 1.18 bits per heavy atom. The van der Waals surface area contributed by atoms with Crippen LogP contribution < -0.4 is 20.5 Å². The first-order valence-electron chi connectivity index (χ1n) is 12.1. The summed E-state index contributed by atoms with van der Waals surface area (Å²) in [6, 6.07) is 10.0. The van der Waals surface area contributed by atoms with Crippen molar-refractivity contribution in [1.29, 1.82) is 0 Å². The van der Waals surface area contributed by atoms with Gasteiger partial charge in [0.05, 0.1) is 38.8 Å². The number of nitrogens with two attached hydrogens (primary N) is 1. The molecule has 5 heterocycles. The van der Waals surface area contributed by atoms with E-state index < -0.39 is 17.4 Å². The van der Waals surface area contributed by atoms with Crippen molar-refractivity contribution in [3.8, 4) is 17.2 Å². The van der Waals surface area contributed by atoms with E-state index in [1.54, 1.807) is 36.4 Å². The molecule has 1 spiro atoms. The molecule has 11 heteroatoms. The van der Waals surface area contributed by atoms with Crippen LogP contribution in [0.2, 0.25) is 0 Å². The minimum Gasteiger partial charge on any atom is -0.495 e. The van der Waals surface area contributed by atoms with Gasteiger partial charge >= 0.3 is 0 Å². The zero-order valence-corrected chi connectivity index (χ0v) is 20.5. The topological polar surface area (TPSA) is 130 Å². The summed E-state index contributed by atoms with van der Waals surface area (Å²) in [4.78, 5) is 25.9. The number of pyridine rings is 2. The fourth-order valence-corrected chi connectivity index (χ4v) is 4.88. The van der Waals surface area contributed by atoms with Crippen molar-refractivity contribution in [2.24, 2.45) is 10.7 Å². The predicted molar refractivity (Wildman–Crippen MR) is 136 cm³/mol. The zero-order chi connectivity index (χ0) is 26.3. The SMILES string of the molecule is COc1ccc(C(=O)Nc2ccc3c(c2)C2(CCOC(N)=N2)c2cc(C4=CCCOC4)nc(F)c2O3)nc1. The van der Waals surface area contributed by atoms with Gasteiger partial charge in [0.15, 0.2) is 5.75 Å². The molecule has 1 unspecified atom stereocenters. The predicted octanol–water partition coefficient (Wildman–Crippen LogP) is 3.76. The molecule has 0 aliphatic carbocycles. The highest BCUT2D eigenvalue weighted by atomic mass is 19.1. The van der Waals surface area contributed by atoms with Gasteiger partial charge in [0.1, 0.15) is 22.7 Å². The Morgan fingerprint density at radius 2 is 2.08 bits per heavy atom. The third-order valence-corrected chi connectivity index (χ3v) is 6.73. The van der Waals surface area contributed by atoms with E-state index in [4.69, 9.17) is 24.7 Å². The molecule has 194 valence electrons. The van der Waals surface area contributed by atoms with Gasteiger partial charge in [-0.05, 0) is 48.4 Å². The number of halogens is 1. The molecular formula is C27H24FN5O5. The summed E-state index contributed by atoms with van der Waals surface area (Å²) in [6.45, 7) is 1.20. The van der Waals surface area contributed by atoms with Crippen LogP contribution in [0.3, 0.4) is 0 Å². The van der Waals surface area contributed by atoms with Gasteiger partial charge in [-0.15, -0.1) is 0 Å². The first-order valence-corrected chi connectivity index (χ1v) is 12.1. The third-order valence-electron chi connectivity index (χ3n) is 6.73. The van der Waals surface area contributed by atoms with Crippen molar-refractivity contribution >= 4 is 23.2 Å². The largest absolute Gasteiger partial charge is 0.495 e. The maximum Gasteiger partial charge on any atom is 0.283 e. The number of carbonyl (C=O) groups excluding carboxylic acids is 1. The number of nitrogens with zero attached hydrogens (tertiary/aromatic N) is 3. The number of ether oxygens (including phenoxy) is 4. The molecular weight excluding hydrogens is 493 g/mol. The standard InChI is InChI=1S/C27H24FN5O5/c1-35-17-5-6-20(30-13-17)25(34)31-16-4-7-22-18(11-16)27(8-10-37-26(29)33-27)19-12-21(15-3-2-9-36-14-15)32-24(28)23(19)38-22/h3-7,11-13H,2,8-10,14H2,1H3,(H2,29,33)(H,31,34). The smallest absolute Gasteiger partial charge is 0.283 e. The van der Waals surface area contributed by atoms with Crippen LogP contribution in [-0.2, 0) is 15.0 Å². The van der Waals surface area contributed by atoms with Crippen LogP contribution >= 0.6 is 0 Å². The van der Waals surface area contributed by atoms with E-state index in [1.807, 2.05) is 6.08 Å². The average molecular weight is 518 g/mol. The molecule has 3 aliphatic heterocycles. The summed E-state index contributed by atoms with van der Waals surface area (Å²) < 4.78 is 37.5. The monoisotopic (exact) mass is 517 g/mol. The summed E-state index contributed by atoms with van der Waals surface area (Å²) in [5.74, 6) is -0.256. The Balaban J connectivity index is 1.43. The Hall–Kier alpha value is -4.51. The molecule has 10 nitrogen and oxygen atoms in total. The van der Waals surface area contributed by atoms with Gasteiger partial charge in [-0.3, -0.25) is 4.79 Å². The first kappa shape index (κ1) is 23.9. The van der Waals surface area contributed by atoms with Crippen molar-refractivity contribution in [1.82, 2.24) is 9.97 Å². The number of fused-ring (bicyclic) bond motifs is 4. The highest BCUT2D eigenvalue weighted by Gasteiger charge is 2.46. The van der Waals surface area contributed by atoms with Crippen LogP contribution in [-0.4, -0.2) is 48.8 Å². The fraction of sp³-hybridized carbons (Fsp3) is 0.259. The van der Waals surface area contributed by atoms with Gasteiger partial charge in [0, 0.05) is 23.2 Å². The van der Waals surface area contributed by atoms with Crippen LogP contribution in [0.5, 0.6) is 17.2 Å². The van der Waals surface area contributed by atoms with E-state index in [-0.39, 0.29) is 24.1 Å². The zero-order valence-electron chi connectivity index (χ0n) is 20.5. The quantitative estimate of drug-likeness (QED) is 0.501. The molecule has 2 aromatic heterocycles. The number of aromatic nitrogens is 2. The second kappa shape index (κ2) is 9.42. The Kier molecular flexibility index (Phi) is 5.91. The molecule has 1 aromatic carbocycles. The maximum atomic E-state index is 15.4. The lowest BCUT2D eigenvalue weighted by Gasteiger charge is -2.39. The van der Waals surface area contributed by atoms with Gasteiger partial charge in [-0.2, -0.15) is 4.39 Å². The lowest BCUT2D eigenvalue weighted by molar-refractivity contribution is 0.102. The minimum absolute atomic E-state index is 0.0174. The number of hydrogen-bond donors (Lipinski definition) is 2. The summed E-state index contributed by atoms with van der Waals surface area (Å²) >= 11 is 0. The molecule has 0 saturated carbocycles. The lowest BCUT2D eigenvalue weighted by Crippen LogP contribution is -2.39. The number of aliphatic imine (C=N–C) groups is 1. The van der Waals surface area contributed by atoms with E-state index in [1.165, 1.54) is 13.3 Å². The van der Waals surface area contributed by atoms with Crippen LogP contribution in [0.25, 0.3) is 5.57 Å². The summed E-state index contributed by atoms with van der Waals surface area (Å²) in [5.41, 5.74) is 7.96. The lowest BCUT2D eigenvalue weighted by atomic mass is 9.77. The summed E-state index contributed by atoms with van der Waals surface area (Å²) in [6.07, 6.45) is 4.54. The Morgan fingerprint density at radius 3 is 2.82 bits per heavy atom. The molecule has 0 fully saturated rings. The van der Waals surface area contributed by atoms with Gasteiger partial charge in [0.2, 0.25) is 0 Å². The normalized spacial score (nSPS) is 19.7. The molecule has 3 aromatic rings. The molecule has 0 bridgehead atoms. The molecule has 1 amide bonds. The second-order valence-electron chi connectivity index (χ2n) is 9.00. The van der Waals surface area contributed by atoms with Crippen molar-refractivity contribution in [3.63, 3.8) is 0 Å². The highest BCUT2D eigenvalue weighted by Crippen LogP contribution is 2.53. The van der Waals surface area contributed by atoms with Crippen molar-refractivity contribution in [2.75, 3.05) is 32.2 Å². The number of nitrogens with one attached hydrogen (secondary N) is 1. The van der Waals surface area contributed by atoms with Gasteiger partial charge in [-0.1, -0.05) is 6.08 Å². The second-order valence-corrected chi connectivity index (χ2v) is 9.00. The van der Waals surface area contributed by atoms with Gasteiger partial charge in [0.25, 0.3) is 17.9 Å². The highest BCUT2D eigenvalue weighted by molar-refractivity contribution is 6.03. The molecule has 0 radical (unpaired) electrons. The van der Waals surface area contributed by atoms with Crippen LogP contribution in [0.4, 0.5) is 10.1 Å². The molecule has 1 atom stereocenters. The van der Waals surface area contributed by atoms with Crippen molar-refractivity contribution < 1.29 is 28.1 Å². The molecule has 38 heavy (non-hydrogen) atoms. The number of amides is 1. The van der Waals surface area contributed by atoms with Crippen LogP contribution in [0.1, 0.15) is 40.2 Å². The van der Waals surface area contributed by atoms with E-state index in [2.05, 4.69) is 20.3 Å². The number of anilines is 1. The number of carbonyl (C=O) groups is 1. The number of amidine groups is 1. The van der Waals surface area contributed by atoms with E-state index in [9.17, 15) is 4.79 Å². The average Bonchev–Trinajstić information content (AvgIpc) is 2.94. The summed E-state index contributed by atoms with van der Waals surface area (Å²) in [7, 11) is 1.52.